The molecule has 0 bridgehead atoms. The largest absolute Gasteiger partial charge is 0.508 e. The smallest absolute Gasteiger partial charge is 0.342 e. The quantitative estimate of drug-likeness (QED) is 0.385. The number of amides is 1. The lowest BCUT2D eigenvalue weighted by molar-refractivity contribution is -0.137. The summed E-state index contributed by atoms with van der Waals surface area (Å²) in [5.41, 5.74) is 1.04. The van der Waals surface area contributed by atoms with Crippen LogP contribution in [-0.2, 0) is 20.8 Å². The number of phenolic OH excluding ortho intramolecular Hbond substituents is 2. The number of benzene rings is 1. The van der Waals surface area contributed by atoms with E-state index in [0.29, 0.717) is 24.1 Å². The van der Waals surface area contributed by atoms with Crippen LogP contribution < -0.4 is 0 Å². The predicted molar refractivity (Wildman–Crippen MR) is 129 cm³/mol. The van der Waals surface area contributed by atoms with E-state index < -0.39 is 5.97 Å². The number of allylic oxidation sites excluding steroid dienone is 1. The van der Waals surface area contributed by atoms with E-state index in [2.05, 4.69) is 18.2 Å². The number of fused-ring (bicyclic) bond motifs is 1. The van der Waals surface area contributed by atoms with Crippen molar-refractivity contribution in [2.45, 2.75) is 71.3 Å². The van der Waals surface area contributed by atoms with E-state index in [-0.39, 0.29) is 48.0 Å². The molecule has 2 aliphatic heterocycles. The number of carbonyl (C=O) groups excluding carboxylic acids is 2. The summed E-state index contributed by atoms with van der Waals surface area (Å²) >= 11 is 0. The van der Waals surface area contributed by atoms with E-state index in [1.165, 1.54) is 6.07 Å². The van der Waals surface area contributed by atoms with Gasteiger partial charge in [0.1, 0.15) is 23.2 Å². The van der Waals surface area contributed by atoms with E-state index in [0.717, 1.165) is 51.3 Å². The fourth-order valence-corrected chi connectivity index (χ4v) is 4.40. The summed E-state index contributed by atoms with van der Waals surface area (Å²) < 4.78 is 5.53. The first-order valence-corrected chi connectivity index (χ1v) is 12.2. The Kier molecular flexibility index (Phi) is 9.36. The molecule has 1 amide bonds. The molecule has 0 aliphatic carbocycles. The van der Waals surface area contributed by atoms with Gasteiger partial charge in [-0.3, -0.25) is 4.79 Å². The summed E-state index contributed by atoms with van der Waals surface area (Å²) in [5.74, 6) is -0.958. The SMILES string of the molecule is CC1CC/C=C/CC(C)OC(=O)c2c(O)cc(O)cc2C/C(=N\OCC(=O)N2CCCCC2)C1. The van der Waals surface area contributed by atoms with Gasteiger partial charge >= 0.3 is 5.97 Å². The summed E-state index contributed by atoms with van der Waals surface area (Å²) in [6.07, 6.45) is 10.1. The molecule has 1 fully saturated rings. The molecule has 2 aliphatic rings. The van der Waals surface area contributed by atoms with E-state index >= 15 is 0 Å². The Morgan fingerprint density at radius 3 is 2.71 bits per heavy atom. The molecule has 34 heavy (non-hydrogen) atoms. The van der Waals surface area contributed by atoms with Crippen LogP contribution in [0.5, 0.6) is 11.5 Å². The van der Waals surface area contributed by atoms with Crippen LogP contribution in [0.2, 0.25) is 0 Å². The number of esters is 1. The molecule has 3 rings (SSSR count). The number of oxime groups is 1. The Hall–Kier alpha value is -3.03. The topological polar surface area (TPSA) is 109 Å². The second kappa shape index (κ2) is 12.4. The third kappa shape index (κ3) is 7.50. The number of hydrogen-bond acceptors (Lipinski definition) is 7. The number of hydrogen-bond donors (Lipinski definition) is 2. The van der Waals surface area contributed by atoms with Gasteiger partial charge in [0.25, 0.3) is 5.91 Å². The zero-order valence-corrected chi connectivity index (χ0v) is 20.2. The molecular formula is C26H36N2O6. The summed E-state index contributed by atoms with van der Waals surface area (Å²) in [5, 5.41) is 24.8. The van der Waals surface area contributed by atoms with Crippen LogP contribution in [0.25, 0.3) is 0 Å². The van der Waals surface area contributed by atoms with Crippen LogP contribution in [-0.4, -0.2) is 58.5 Å². The van der Waals surface area contributed by atoms with E-state index in [1.54, 1.807) is 11.8 Å². The lowest BCUT2D eigenvalue weighted by atomic mass is 9.93. The minimum absolute atomic E-state index is 0.00966. The normalized spacial score (nSPS) is 24.6. The first kappa shape index (κ1) is 25.6. The van der Waals surface area contributed by atoms with Crippen LogP contribution in [0.1, 0.15) is 74.7 Å². The summed E-state index contributed by atoms with van der Waals surface area (Å²) in [6, 6.07) is 2.56. The molecule has 0 radical (unpaired) electrons. The molecule has 0 saturated carbocycles. The van der Waals surface area contributed by atoms with Crippen molar-refractivity contribution in [2.24, 2.45) is 11.1 Å². The Labute approximate surface area is 201 Å². The molecule has 2 atom stereocenters. The molecule has 1 aromatic rings. The second-order valence-corrected chi connectivity index (χ2v) is 9.36. The number of ether oxygens (including phenoxy) is 1. The van der Waals surface area contributed by atoms with Crippen LogP contribution in [0.4, 0.5) is 0 Å². The minimum Gasteiger partial charge on any atom is -0.508 e. The summed E-state index contributed by atoms with van der Waals surface area (Å²) in [4.78, 5) is 32.6. The molecule has 1 aromatic carbocycles. The average molecular weight is 473 g/mol. The van der Waals surface area contributed by atoms with E-state index in [4.69, 9.17) is 9.57 Å². The van der Waals surface area contributed by atoms with Gasteiger partial charge in [0.2, 0.25) is 0 Å². The van der Waals surface area contributed by atoms with Crippen molar-refractivity contribution in [1.29, 1.82) is 0 Å². The molecule has 2 N–H and O–H groups in total. The average Bonchev–Trinajstić information content (AvgIpc) is 2.78. The highest BCUT2D eigenvalue weighted by Crippen LogP contribution is 2.30. The van der Waals surface area contributed by atoms with E-state index in [1.807, 2.05) is 6.08 Å². The maximum Gasteiger partial charge on any atom is 0.342 e. The maximum absolute atomic E-state index is 12.9. The minimum atomic E-state index is -0.654. The Morgan fingerprint density at radius 2 is 1.94 bits per heavy atom. The number of rotatable bonds is 3. The third-order valence-electron chi connectivity index (χ3n) is 6.23. The molecular weight excluding hydrogens is 436 g/mol. The van der Waals surface area contributed by atoms with Gasteiger partial charge in [-0.25, -0.2) is 4.79 Å². The Morgan fingerprint density at radius 1 is 1.18 bits per heavy atom. The van der Waals surface area contributed by atoms with Gasteiger partial charge in [-0.15, -0.1) is 0 Å². The number of phenols is 2. The van der Waals surface area contributed by atoms with Crippen LogP contribution >= 0.6 is 0 Å². The molecule has 8 heteroatoms. The van der Waals surface area contributed by atoms with Gasteiger partial charge in [0.05, 0.1) is 5.71 Å². The van der Waals surface area contributed by atoms with Crippen molar-refractivity contribution in [3.8, 4) is 11.5 Å². The Balaban J connectivity index is 1.84. The van der Waals surface area contributed by atoms with Crippen molar-refractivity contribution < 1.29 is 29.4 Å². The van der Waals surface area contributed by atoms with Gasteiger partial charge in [-0.05, 0) is 63.0 Å². The monoisotopic (exact) mass is 472 g/mol. The first-order chi connectivity index (χ1) is 16.3. The van der Waals surface area contributed by atoms with Gasteiger partial charge < -0.3 is 24.7 Å². The van der Waals surface area contributed by atoms with E-state index in [9.17, 15) is 19.8 Å². The maximum atomic E-state index is 12.9. The second-order valence-electron chi connectivity index (χ2n) is 9.36. The highest BCUT2D eigenvalue weighted by molar-refractivity contribution is 5.97. The Bertz CT molecular complexity index is 920. The molecule has 8 nitrogen and oxygen atoms in total. The highest BCUT2D eigenvalue weighted by atomic mass is 16.6. The number of aromatic hydroxyl groups is 2. The number of carbonyl (C=O) groups is 2. The fraction of sp³-hybridized carbons (Fsp3) is 0.577. The molecule has 0 spiro atoms. The number of piperidine rings is 1. The zero-order valence-electron chi connectivity index (χ0n) is 20.2. The van der Waals surface area contributed by atoms with Crippen LogP contribution in [0.15, 0.2) is 29.4 Å². The molecule has 2 unspecified atom stereocenters. The summed E-state index contributed by atoms with van der Waals surface area (Å²) in [7, 11) is 0. The van der Waals surface area contributed by atoms with Gasteiger partial charge in [-0.2, -0.15) is 0 Å². The number of cyclic esters (lactones) is 1. The molecule has 1 saturated heterocycles. The number of likely N-dealkylation sites (tertiary alicyclic amines) is 1. The van der Waals surface area contributed by atoms with Crippen molar-refractivity contribution in [2.75, 3.05) is 19.7 Å². The van der Waals surface area contributed by atoms with Crippen molar-refractivity contribution in [3.63, 3.8) is 0 Å². The first-order valence-electron chi connectivity index (χ1n) is 12.2. The van der Waals surface area contributed by atoms with Crippen LogP contribution in [0.3, 0.4) is 0 Å². The lowest BCUT2D eigenvalue weighted by Crippen LogP contribution is -2.37. The van der Waals surface area contributed by atoms with Crippen molar-refractivity contribution >= 4 is 17.6 Å². The standard InChI is InChI=1S/C26H36N2O6/c1-18-9-5-3-6-10-19(2)34-26(32)25-20(15-22(29)16-23(25)30)14-21(13-18)27-33-17-24(31)28-11-7-4-8-12-28/h3,6,15-16,18-19,29-30H,4-5,7-14,17H2,1-2H3/b6-3+,27-21-. The third-order valence-corrected chi connectivity index (χ3v) is 6.23. The number of nitrogens with zero attached hydrogens (tertiary/aromatic N) is 2. The predicted octanol–water partition coefficient (Wildman–Crippen LogP) is 4.34. The van der Waals surface area contributed by atoms with Gasteiger partial charge in [0, 0.05) is 32.0 Å². The molecule has 0 aromatic heterocycles. The molecule has 186 valence electrons. The van der Waals surface area contributed by atoms with Crippen LogP contribution in [0, 0.1) is 5.92 Å². The van der Waals surface area contributed by atoms with Crippen molar-refractivity contribution in [1.82, 2.24) is 4.90 Å². The zero-order chi connectivity index (χ0) is 24.5. The molecule has 2 heterocycles. The highest BCUT2D eigenvalue weighted by Gasteiger charge is 2.23. The fourth-order valence-electron chi connectivity index (χ4n) is 4.40. The van der Waals surface area contributed by atoms with Crippen molar-refractivity contribution in [3.05, 3.63) is 35.4 Å². The summed E-state index contributed by atoms with van der Waals surface area (Å²) in [6.45, 7) is 5.27. The lowest BCUT2D eigenvalue weighted by Gasteiger charge is -2.26. The van der Waals surface area contributed by atoms with Gasteiger partial charge in [-0.1, -0.05) is 24.2 Å². The van der Waals surface area contributed by atoms with Gasteiger partial charge in [0.15, 0.2) is 6.61 Å².